The van der Waals surface area contributed by atoms with E-state index in [4.69, 9.17) is 5.11 Å². The summed E-state index contributed by atoms with van der Waals surface area (Å²) in [4.78, 5) is 3.51. The van der Waals surface area contributed by atoms with Gasteiger partial charge in [-0.25, -0.2) is 4.39 Å². The maximum absolute atomic E-state index is 13.4. The van der Waals surface area contributed by atoms with Gasteiger partial charge in [0.2, 0.25) is 5.03 Å². The number of anilines is 1. The molecule has 0 atom stereocenters. The van der Waals surface area contributed by atoms with Gasteiger partial charge in [-0.2, -0.15) is 13.5 Å². The lowest BCUT2D eigenvalue weighted by Crippen LogP contribution is -2.16. The number of nitrogens with one attached hydrogen (secondary N) is 2. The molecule has 2 rings (SSSR count). The van der Waals surface area contributed by atoms with Crippen LogP contribution in [0.2, 0.25) is 0 Å². The maximum Gasteiger partial charge on any atom is 0.281 e. The van der Waals surface area contributed by atoms with Crippen LogP contribution in [0.15, 0.2) is 23.5 Å². The third-order valence-corrected chi connectivity index (χ3v) is 3.80. The number of rotatable bonds is 4. The number of aryl methyl sites for hydroxylation is 1. The summed E-state index contributed by atoms with van der Waals surface area (Å²) in [5, 5.41) is 14.8. The first-order chi connectivity index (χ1) is 8.95. The molecular formula is C10H11FN4O3S. The van der Waals surface area contributed by atoms with Gasteiger partial charge >= 0.3 is 0 Å². The van der Waals surface area contributed by atoms with Gasteiger partial charge < -0.3 is 5.11 Å². The van der Waals surface area contributed by atoms with Crippen molar-refractivity contribution in [3.8, 4) is 0 Å². The Bertz CT molecular complexity index is 699. The van der Waals surface area contributed by atoms with Crippen LogP contribution in [0, 0.1) is 12.7 Å². The molecule has 2 heterocycles. The molecule has 3 N–H and O–H groups in total. The molecule has 0 radical (unpaired) electrons. The van der Waals surface area contributed by atoms with Gasteiger partial charge in [-0.05, 0) is 13.0 Å². The minimum absolute atomic E-state index is 0.141. The maximum atomic E-state index is 13.4. The molecule has 0 fully saturated rings. The fourth-order valence-electron chi connectivity index (χ4n) is 1.49. The molecule has 2 aromatic heterocycles. The molecule has 0 aromatic carbocycles. The van der Waals surface area contributed by atoms with Crippen molar-refractivity contribution in [2.75, 3.05) is 4.72 Å². The van der Waals surface area contributed by atoms with Crippen LogP contribution in [-0.4, -0.2) is 28.7 Å². The molecule has 0 aliphatic heterocycles. The fourth-order valence-corrected chi connectivity index (χ4v) is 2.75. The highest BCUT2D eigenvalue weighted by molar-refractivity contribution is 7.92. The van der Waals surface area contributed by atoms with Crippen LogP contribution >= 0.6 is 0 Å². The lowest BCUT2D eigenvalue weighted by Gasteiger charge is -2.07. The molecule has 0 spiro atoms. The molecule has 9 heteroatoms. The molecule has 2 aromatic rings. The summed E-state index contributed by atoms with van der Waals surface area (Å²) < 4.78 is 39.5. The molecule has 0 amide bonds. The fraction of sp³-hybridized carbons (Fsp3) is 0.200. The van der Waals surface area contributed by atoms with Crippen molar-refractivity contribution in [2.45, 2.75) is 18.6 Å². The third-order valence-electron chi connectivity index (χ3n) is 2.47. The quantitative estimate of drug-likeness (QED) is 0.760. The van der Waals surface area contributed by atoms with E-state index < -0.39 is 22.4 Å². The lowest BCUT2D eigenvalue weighted by atomic mass is 10.3. The summed E-state index contributed by atoms with van der Waals surface area (Å²) in [6.07, 6.45) is 2.14. The second-order valence-corrected chi connectivity index (χ2v) is 5.35. The molecular weight excluding hydrogens is 275 g/mol. The Morgan fingerprint density at radius 3 is 2.89 bits per heavy atom. The van der Waals surface area contributed by atoms with Gasteiger partial charge in [-0.15, -0.1) is 0 Å². The minimum atomic E-state index is -4.08. The van der Waals surface area contributed by atoms with Gasteiger partial charge in [-0.3, -0.25) is 14.8 Å². The molecule has 0 aliphatic carbocycles. The number of pyridine rings is 1. The SMILES string of the molecule is Cc1[nH]nc(S(=O)(=O)Nc2ccncc2F)c1CO. The Kier molecular flexibility index (Phi) is 3.49. The number of sulfonamides is 1. The molecule has 0 saturated carbocycles. The van der Waals surface area contributed by atoms with E-state index in [2.05, 4.69) is 19.9 Å². The van der Waals surface area contributed by atoms with E-state index >= 15 is 0 Å². The Balaban J connectivity index is 2.41. The van der Waals surface area contributed by atoms with E-state index in [9.17, 15) is 12.8 Å². The minimum Gasteiger partial charge on any atom is -0.392 e. The van der Waals surface area contributed by atoms with Gasteiger partial charge in [0.15, 0.2) is 5.82 Å². The van der Waals surface area contributed by atoms with E-state index in [1.165, 1.54) is 12.3 Å². The molecule has 0 bridgehead atoms. The Morgan fingerprint density at radius 1 is 1.53 bits per heavy atom. The first kappa shape index (κ1) is 13.4. The first-order valence-electron chi connectivity index (χ1n) is 5.22. The van der Waals surface area contributed by atoms with Crippen LogP contribution in [0.5, 0.6) is 0 Å². The van der Waals surface area contributed by atoms with Crippen molar-refractivity contribution >= 4 is 15.7 Å². The number of aliphatic hydroxyl groups is 1. The third kappa shape index (κ3) is 2.56. The second kappa shape index (κ2) is 4.94. The summed E-state index contributed by atoms with van der Waals surface area (Å²) >= 11 is 0. The van der Waals surface area contributed by atoms with E-state index in [0.29, 0.717) is 5.69 Å². The second-order valence-electron chi connectivity index (χ2n) is 3.75. The first-order valence-corrected chi connectivity index (χ1v) is 6.71. The van der Waals surface area contributed by atoms with Crippen LogP contribution < -0.4 is 4.72 Å². The molecule has 0 unspecified atom stereocenters. The monoisotopic (exact) mass is 286 g/mol. The lowest BCUT2D eigenvalue weighted by molar-refractivity contribution is 0.277. The number of hydrogen-bond donors (Lipinski definition) is 3. The zero-order valence-electron chi connectivity index (χ0n) is 9.88. The van der Waals surface area contributed by atoms with E-state index in [1.807, 2.05) is 0 Å². The van der Waals surface area contributed by atoms with Gasteiger partial charge in [0.1, 0.15) is 0 Å². The number of aromatic amines is 1. The van der Waals surface area contributed by atoms with Crippen molar-refractivity contribution in [1.82, 2.24) is 15.2 Å². The van der Waals surface area contributed by atoms with Crippen LogP contribution in [0.1, 0.15) is 11.3 Å². The topological polar surface area (TPSA) is 108 Å². The van der Waals surface area contributed by atoms with Crippen molar-refractivity contribution in [3.63, 3.8) is 0 Å². The predicted octanol–water partition coefficient (Wildman–Crippen LogP) is 0.545. The number of H-pyrrole nitrogens is 1. The molecule has 102 valence electrons. The van der Waals surface area contributed by atoms with Crippen molar-refractivity contribution in [1.29, 1.82) is 0 Å². The average Bonchev–Trinajstić information content (AvgIpc) is 2.74. The summed E-state index contributed by atoms with van der Waals surface area (Å²) in [5.41, 5.74) is 0.333. The van der Waals surface area contributed by atoms with Crippen LogP contribution in [0.3, 0.4) is 0 Å². The van der Waals surface area contributed by atoms with Gasteiger partial charge in [-0.1, -0.05) is 0 Å². The Labute approximate surface area is 108 Å². The molecule has 19 heavy (non-hydrogen) atoms. The highest BCUT2D eigenvalue weighted by Crippen LogP contribution is 2.20. The van der Waals surface area contributed by atoms with Crippen LogP contribution in [-0.2, 0) is 16.6 Å². The van der Waals surface area contributed by atoms with Gasteiger partial charge in [0.05, 0.1) is 18.5 Å². The Hall–Kier alpha value is -2.00. The standard InChI is InChI=1S/C10H11FN4O3S/c1-6-7(5-16)10(14-13-6)19(17,18)15-9-2-3-12-4-8(9)11/h2-4,16H,5H2,1H3,(H,12,15)(H,13,14). The average molecular weight is 286 g/mol. The zero-order valence-corrected chi connectivity index (χ0v) is 10.7. The number of halogens is 1. The number of hydrogen-bond acceptors (Lipinski definition) is 5. The van der Waals surface area contributed by atoms with Crippen molar-refractivity contribution in [2.24, 2.45) is 0 Å². The summed E-state index contributed by atoms with van der Waals surface area (Å²) in [6.45, 7) is 1.09. The highest BCUT2D eigenvalue weighted by Gasteiger charge is 2.24. The Morgan fingerprint density at radius 2 is 2.26 bits per heavy atom. The molecule has 7 nitrogen and oxygen atoms in total. The van der Waals surface area contributed by atoms with Crippen LogP contribution in [0.25, 0.3) is 0 Å². The number of nitrogens with zero attached hydrogens (tertiary/aromatic N) is 2. The van der Waals surface area contributed by atoms with E-state index in [0.717, 1.165) is 6.20 Å². The van der Waals surface area contributed by atoms with Gasteiger partial charge in [0, 0.05) is 17.5 Å². The van der Waals surface area contributed by atoms with Gasteiger partial charge in [0.25, 0.3) is 10.0 Å². The highest BCUT2D eigenvalue weighted by atomic mass is 32.2. The summed E-state index contributed by atoms with van der Waals surface area (Å²) in [5.74, 6) is -0.802. The summed E-state index contributed by atoms with van der Waals surface area (Å²) in [7, 11) is -4.08. The summed E-state index contributed by atoms with van der Waals surface area (Å²) in [6, 6.07) is 1.19. The number of aliphatic hydroxyl groups excluding tert-OH is 1. The smallest absolute Gasteiger partial charge is 0.281 e. The van der Waals surface area contributed by atoms with Crippen LogP contribution in [0.4, 0.5) is 10.1 Å². The zero-order chi connectivity index (χ0) is 14.0. The largest absolute Gasteiger partial charge is 0.392 e. The molecule has 0 aliphatic rings. The predicted molar refractivity (Wildman–Crippen MR) is 64.3 cm³/mol. The number of aromatic nitrogens is 3. The molecule has 0 saturated heterocycles. The van der Waals surface area contributed by atoms with E-state index in [-0.39, 0.29) is 16.3 Å². The van der Waals surface area contributed by atoms with E-state index in [1.54, 1.807) is 6.92 Å². The van der Waals surface area contributed by atoms with Crippen molar-refractivity contribution < 1.29 is 17.9 Å². The van der Waals surface area contributed by atoms with Crippen molar-refractivity contribution in [3.05, 3.63) is 35.5 Å². The normalized spacial score (nSPS) is 11.5.